The summed E-state index contributed by atoms with van der Waals surface area (Å²) in [5.74, 6) is 1.23. The molecular weight excluding hydrogens is 464 g/mol. The molecule has 1 atom stereocenters. The average Bonchev–Trinajstić information content (AvgIpc) is 3.68. The summed E-state index contributed by atoms with van der Waals surface area (Å²) in [6.45, 7) is 4.79. The van der Waals surface area contributed by atoms with Gasteiger partial charge in [-0.3, -0.25) is 9.78 Å². The van der Waals surface area contributed by atoms with Crippen molar-refractivity contribution >= 4 is 11.5 Å². The third-order valence-corrected chi connectivity index (χ3v) is 7.53. The molecule has 2 aliphatic rings. The van der Waals surface area contributed by atoms with Gasteiger partial charge in [-0.15, -0.1) is 0 Å². The normalized spacial score (nSPS) is 17.2. The molecule has 2 aromatic carbocycles. The predicted molar refractivity (Wildman–Crippen MR) is 144 cm³/mol. The summed E-state index contributed by atoms with van der Waals surface area (Å²) >= 11 is 0. The highest BCUT2D eigenvalue weighted by Crippen LogP contribution is 2.46. The van der Waals surface area contributed by atoms with Crippen LogP contribution in [0.25, 0.3) is 16.8 Å². The van der Waals surface area contributed by atoms with Gasteiger partial charge in [-0.2, -0.15) is 0 Å². The Morgan fingerprint density at radius 2 is 1.89 bits per heavy atom. The zero-order chi connectivity index (χ0) is 26.0. The largest absolute Gasteiger partial charge is 0.497 e. The van der Waals surface area contributed by atoms with Gasteiger partial charge in [0, 0.05) is 5.56 Å². The van der Waals surface area contributed by atoms with Crippen LogP contribution in [-0.2, 0) is 11.4 Å². The van der Waals surface area contributed by atoms with E-state index in [-0.39, 0.29) is 24.4 Å². The topological polar surface area (TPSA) is 81.5 Å². The second-order valence-corrected chi connectivity index (χ2v) is 10.7. The van der Waals surface area contributed by atoms with Gasteiger partial charge in [0.15, 0.2) is 0 Å². The van der Waals surface area contributed by atoms with E-state index in [9.17, 15) is 9.90 Å². The van der Waals surface area contributed by atoms with Crippen LogP contribution in [0.2, 0.25) is 0 Å². The van der Waals surface area contributed by atoms with Crippen molar-refractivity contribution in [3.8, 4) is 22.8 Å². The van der Waals surface area contributed by atoms with E-state index in [0.29, 0.717) is 11.7 Å². The fourth-order valence-corrected chi connectivity index (χ4v) is 5.31. The average molecular weight is 499 g/mol. The minimum absolute atomic E-state index is 0.0120. The second-order valence-electron chi connectivity index (χ2n) is 10.7. The van der Waals surface area contributed by atoms with Crippen LogP contribution in [0.5, 0.6) is 11.5 Å². The first-order chi connectivity index (χ1) is 17.8. The lowest BCUT2D eigenvalue weighted by atomic mass is 9.83. The fraction of sp³-hybridized carbons (Fsp3) is 0.387. The Bertz CT molecular complexity index is 1330. The number of hydrogen-bond acceptors (Lipinski definition) is 5. The van der Waals surface area contributed by atoms with Gasteiger partial charge in [0.2, 0.25) is 0 Å². The number of hydrogen-bond donors (Lipinski definition) is 1. The predicted octanol–water partition coefficient (Wildman–Crippen LogP) is 6.90. The zero-order valence-corrected chi connectivity index (χ0v) is 21.7. The third kappa shape index (κ3) is 5.68. The number of aromatic nitrogens is 2. The quantitative estimate of drug-likeness (QED) is 0.327. The molecule has 6 nitrogen and oxygen atoms in total. The first-order valence-corrected chi connectivity index (χ1v) is 13.0. The summed E-state index contributed by atoms with van der Waals surface area (Å²) in [6, 6.07) is 15.8. The molecule has 0 amide bonds. The van der Waals surface area contributed by atoms with E-state index in [0.717, 1.165) is 59.6 Å². The molecule has 2 aliphatic carbocycles. The van der Waals surface area contributed by atoms with Gasteiger partial charge in [0.05, 0.1) is 36.8 Å². The van der Waals surface area contributed by atoms with Crippen molar-refractivity contribution in [2.45, 2.75) is 58.5 Å². The first kappa shape index (κ1) is 25.0. The molecule has 1 saturated carbocycles. The highest BCUT2D eigenvalue weighted by molar-refractivity contribution is 5.80. The molecule has 37 heavy (non-hydrogen) atoms. The molecule has 0 spiro atoms. The molecule has 0 saturated heterocycles. The molecular formula is C31H34N2O4. The van der Waals surface area contributed by atoms with Crippen LogP contribution < -0.4 is 9.47 Å². The van der Waals surface area contributed by atoms with Crippen molar-refractivity contribution in [1.82, 2.24) is 9.97 Å². The molecule has 6 heteroatoms. The minimum atomic E-state index is -0.758. The Balaban J connectivity index is 1.42. The van der Waals surface area contributed by atoms with E-state index < -0.39 is 5.97 Å². The maximum Gasteiger partial charge on any atom is 0.303 e. The van der Waals surface area contributed by atoms with Crippen LogP contribution in [0, 0.1) is 11.3 Å². The van der Waals surface area contributed by atoms with Gasteiger partial charge in [-0.05, 0) is 78.3 Å². The number of benzene rings is 2. The Morgan fingerprint density at radius 1 is 1.11 bits per heavy atom. The van der Waals surface area contributed by atoms with Gasteiger partial charge in [0.1, 0.15) is 18.1 Å². The maximum atomic E-state index is 11.4. The first-order valence-electron chi connectivity index (χ1n) is 13.0. The molecule has 0 aliphatic heterocycles. The van der Waals surface area contributed by atoms with E-state index in [1.807, 2.05) is 48.5 Å². The number of rotatable bonds is 10. The summed E-state index contributed by atoms with van der Waals surface area (Å²) < 4.78 is 11.6. The fourth-order valence-electron chi connectivity index (χ4n) is 5.31. The SMILES string of the molecule is COc1cccc(-c2ncc(COc3cccc([C@@H](CC(=O)O)C4CC4)c3)nc2C2=CCCC2(C)C)c1. The molecule has 192 valence electrons. The Morgan fingerprint density at radius 3 is 2.59 bits per heavy atom. The Hall–Kier alpha value is -3.67. The van der Waals surface area contributed by atoms with E-state index in [2.05, 4.69) is 19.9 Å². The number of carbonyl (C=O) groups is 1. The highest BCUT2D eigenvalue weighted by Gasteiger charge is 2.34. The third-order valence-electron chi connectivity index (χ3n) is 7.53. The van der Waals surface area contributed by atoms with Crippen molar-refractivity contribution in [1.29, 1.82) is 0 Å². The Kier molecular flexibility index (Phi) is 7.00. The van der Waals surface area contributed by atoms with Gasteiger partial charge in [-0.25, -0.2) is 4.98 Å². The lowest BCUT2D eigenvalue weighted by Gasteiger charge is -2.24. The van der Waals surface area contributed by atoms with Gasteiger partial charge < -0.3 is 14.6 Å². The van der Waals surface area contributed by atoms with Crippen molar-refractivity contribution < 1.29 is 19.4 Å². The molecule has 1 aromatic heterocycles. The van der Waals surface area contributed by atoms with E-state index >= 15 is 0 Å². The van der Waals surface area contributed by atoms with Crippen LogP contribution in [0.4, 0.5) is 0 Å². The van der Waals surface area contributed by atoms with Crippen LogP contribution in [0.3, 0.4) is 0 Å². The van der Waals surface area contributed by atoms with Crippen molar-refractivity contribution in [3.63, 3.8) is 0 Å². The zero-order valence-electron chi connectivity index (χ0n) is 21.7. The molecule has 0 unspecified atom stereocenters. The summed E-state index contributed by atoms with van der Waals surface area (Å²) in [5.41, 5.74) is 5.70. The van der Waals surface area contributed by atoms with Crippen molar-refractivity contribution in [3.05, 3.63) is 77.8 Å². The standard InChI is InChI=1S/C31H34N2O4/c1-31(2)14-6-11-27(31)30-29(22-8-5-9-24(16-22)36-3)32-18-23(33-30)19-37-25-10-4-7-21(15-25)26(17-28(34)35)20-12-13-20/h4-5,7-11,15-16,18,20,26H,6,12-14,17,19H2,1-3H3,(H,34,35)/t26-/m0/s1. The van der Waals surface area contributed by atoms with Crippen LogP contribution in [0.1, 0.15) is 68.8 Å². The van der Waals surface area contributed by atoms with Gasteiger partial charge in [0.25, 0.3) is 0 Å². The lowest BCUT2D eigenvalue weighted by molar-refractivity contribution is -0.137. The highest BCUT2D eigenvalue weighted by atomic mass is 16.5. The van der Waals surface area contributed by atoms with Crippen LogP contribution in [-0.4, -0.2) is 28.2 Å². The Labute approximate surface area is 218 Å². The van der Waals surface area contributed by atoms with E-state index in [4.69, 9.17) is 19.4 Å². The van der Waals surface area contributed by atoms with Gasteiger partial charge >= 0.3 is 5.97 Å². The molecule has 5 rings (SSSR count). The second kappa shape index (κ2) is 10.4. The molecule has 3 aromatic rings. The smallest absolute Gasteiger partial charge is 0.303 e. The molecule has 1 N–H and O–H groups in total. The lowest BCUT2D eigenvalue weighted by Crippen LogP contribution is -2.13. The summed E-state index contributed by atoms with van der Waals surface area (Å²) in [7, 11) is 1.66. The molecule has 0 bridgehead atoms. The number of carboxylic acids is 1. The van der Waals surface area contributed by atoms with Crippen molar-refractivity contribution in [2.75, 3.05) is 7.11 Å². The number of aliphatic carboxylic acids is 1. The number of nitrogens with zero attached hydrogens (tertiary/aromatic N) is 2. The number of carboxylic acid groups (broad SMARTS) is 1. The van der Waals surface area contributed by atoms with E-state index in [1.165, 1.54) is 5.57 Å². The maximum absolute atomic E-state index is 11.4. The molecule has 1 fully saturated rings. The number of allylic oxidation sites excluding steroid dienone is 2. The minimum Gasteiger partial charge on any atom is -0.497 e. The summed E-state index contributed by atoms with van der Waals surface area (Å²) in [5, 5.41) is 9.37. The van der Waals surface area contributed by atoms with Crippen LogP contribution in [0.15, 0.2) is 60.8 Å². The monoisotopic (exact) mass is 498 g/mol. The molecule has 1 heterocycles. The summed E-state index contributed by atoms with van der Waals surface area (Å²) in [6.07, 6.45) is 8.49. The number of methoxy groups -OCH3 is 1. The van der Waals surface area contributed by atoms with Crippen molar-refractivity contribution in [2.24, 2.45) is 11.3 Å². The number of ether oxygens (including phenoxy) is 2. The molecule has 0 radical (unpaired) electrons. The van der Waals surface area contributed by atoms with Gasteiger partial charge in [-0.1, -0.05) is 44.2 Å². The summed E-state index contributed by atoms with van der Waals surface area (Å²) in [4.78, 5) is 21.3. The van der Waals surface area contributed by atoms with Crippen LogP contribution >= 0.6 is 0 Å². The van der Waals surface area contributed by atoms with E-state index in [1.54, 1.807) is 13.3 Å².